The summed E-state index contributed by atoms with van der Waals surface area (Å²) in [7, 11) is 0. The Morgan fingerprint density at radius 3 is 2.47 bits per heavy atom. The van der Waals surface area contributed by atoms with Gasteiger partial charge in [-0.3, -0.25) is 0 Å². The molecular weight excluding hydrogens is 300 g/mol. The maximum atomic E-state index is 12.8. The van der Waals surface area contributed by atoms with E-state index < -0.39 is 11.9 Å². The molecule has 0 aliphatic rings. The Morgan fingerprint density at radius 1 is 1.32 bits per heavy atom. The summed E-state index contributed by atoms with van der Waals surface area (Å²) in [5.74, 6) is -0.348. The van der Waals surface area contributed by atoms with Gasteiger partial charge in [-0.1, -0.05) is 23.7 Å². The van der Waals surface area contributed by atoms with Crippen molar-refractivity contribution < 1.29 is 13.2 Å². The zero-order valence-electron chi connectivity index (χ0n) is 9.80. The lowest BCUT2D eigenvalue weighted by Crippen LogP contribution is -2.09. The Morgan fingerprint density at radius 2 is 2.00 bits per heavy atom. The maximum absolute atomic E-state index is 12.8. The van der Waals surface area contributed by atoms with E-state index in [4.69, 9.17) is 23.2 Å². The first kappa shape index (κ1) is 14.2. The third kappa shape index (κ3) is 2.72. The van der Waals surface area contributed by atoms with Crippen molar-refractivity contribution in [1.82, 2.24) is 9.78 Å². The number of nitrogens with zero attached hydrogens (tertiary/aromatic N) is 2. The van der Waals surface area contributed by atoms with Crippen molar-refractivity contribution in [2.45, 2.75) is 19.0 Å². The lowest BCUT2D eigenvalue weighted by Gasteiger charge is -2.04. The van der Waals surface area contributed by atoms with Gasteiger partial charge >= 0.3 is 6.18 Å². The molecule has 19 heavy (non-hydrogen) atoms. The minimum atomic E-state index is -4.58. The standard InChI is InChI=1S/C12H9Cl2F3N2/c1-7-3-2-4-8(5-7)19-11(14)9(6-13)10(18-19)12(15,16)17/h2-5H,6H2,1H3. The zero-order chi connectivity index (χ0) is 14.2. The van der Waals surface area contributed by atoms with Gasteiger partial charge in [-0.15, -0.1) is 11.6 Å². The van der Waals surface area contributed by atoms with E-state index >= 15 is 0 Å². The SMILES string of the molecule is Cc1cccc(-n2nc(C(F)(F)F)c(CCl)c2Cl)c1. The molecule has 0 radical (unpaired) electrons. The molecule has 0 aliphatic heterocycles. The highest BCUT2D eigenvalue weighted by atomic mass is 35.5. The maximum Gasteiger partial charge on any atom is 0.435 e. The van der Waals surface area contributed by atoms with Gasteiger partial charge in [0, 0.05) is 5.56 Å². The second-order valence-corrected chi connectivity index (χ2v) is 4.63. The van der Waals surface area contributed by atoms with Crippen LogP contribution < -0.4 is 0 Å². The molecule has 102 valence electrons. The third-order valence-corrected chi connectivity index (χ3v) is 3.22. The van der Waals surface area contributed by atoms with Crippen LogP contribution >= 0.6 is 23.2 Å². The normalized spacial score (nSPS) is 11.9. The number of halogens is 5. The minimum absolute atomic E-state index is 0.118. The Kier molecular flexibility index (Phi) is 3.78. The highest BCUT2D eigenvalue weighted by Crippen LogP contribution is 2.36. The van der Waals surface area contributed by atoms with Gasteiger partial charge in [0.2, 0.25) is 0 Å². The predicted octanol–water partition coefficient (Wildman–Crippen LogP) is 4.59. The second kappa shape index (κ2) is 5.06. The summed E-state index contributed by atoms with van der Waals surface area (Å²) < 4.78 is 39.5. The van der Waals surface area contributed by atoms with E-state index in [1.807, 2.05) is 13.0 Å². The predicted molar refractivity (Wildman–Crippen MR) is 67.9 cm³/mol. The van der Waals surface area contributed by atoms with Crippen LogP contribution in [-0.4, -0.2) is 9.78 Å². The van der Waals surface area contributed by atoms with E-state index in [9.17, 15) is 13.2 Å². The van der Waals surface area contributed by atoms with Crippen LogP contribution in [0.2, 0.25) is 5.15 Å². The Balaban J connectivity index is 2.63. The fraction of sp³-hybridized carbons (Fsp3) is 0.250. The number of rotatable bonds is 2. The monoisotopic (exact) mass is 308 g/mol. The molecule has 0 saturated heterocycles. The van der Waals surface area contributed by atoms with Crippen LogP contribution in [-0.2, 0) is 12.1 Å². The van der Waals surface area contributed by atoms with Gasteiger partial charge in [-0.2, -0.15) is 18.3 Å². The van der Waals surface area contributed by atoms with E-state index in [1.54, 1.807) is 18.2 Å². The van der Waals surface area contributed by atoms with E-state index in [0.717, 1.165) is 10.2 Å². The van der Waals surface area contributed by atoms with Crippen LogP contribution in [0.3, 0.4) is 0 Å². The molecule has 0 atom stereocenters. The summed E-state index contributed by atoms with van der Waals surface area (Å²) in [6.45, 7) is 1.83. The molecule has 0 N–H and O–H groups in total. The van der Waals surface area contributed by atoms with Crippen molar-refractivity contribution >= 4 is 23.2 Å². The van der Waals surface area contributed by atoms with Crippen LogP contribution in [0, 0.1) is 6.92 Å². The van der Waals surface area contributed by atoms with Gasteiger partial charge in [0.05, 0.1) is 11.6 Å². The van der Waals surface area contributed by atoms with Crippen molar-refractivity contribution in [3.63, 3.8) is 0 Å². The third-order valence-electron chi connectivity index (χ3n) is 2.57. The Bertz CT molecular complexity index is 606. The average Bonchev–Trinajstić information content (AvgIpc) is 2.66. The number of aromatic nitrogens is 2. The van der Waals surface area contributed by atoms with E-state index in [0.29, 0.717) is 5.69 Å². The number of alkyl halides is 4. The van der Waals surface area contributed by atoms with Crippen molar-refractivity contribution in [3.8, 4) is 5.69 Å². The van der Waals surface area contributed by atoms with E-state index in [1.165, 1.54) is 0 Å². The van der Waals surface area contributed by atoms with Crippen molar-refractivity contribution in [2.75, 3.05) is 0 Å². The molecule has 2 rings (SSSR count). The second-order valence-electron chi connectivity index (χ2n) is 4.00. The molecule has 1 aromatic carbocycles. The molecular formula is C12H9Cl2F3N2. The molecule has 0 spiro atoms. The first-order valence-corrected chi connectivity index (χ1v) is 6.23. The largest absolute Gasteiger partial charge is 0.435 e. The van der Waals surface area contributed by atoms with Crippen molar-refractivity contribution in [2.24, 2.45) is 0 Å². The Labute approximate surface area is 117 Å². The minimum Gasteiger partial charge on any atom is -0.221 e. The van der Waals surface area contributed by atoms with Crippen LogP contribution in [0.15, 0.2) is 24.3 Å². The number of hydrogen-bond acceptors (Lipinski definition) is 1. The van der Waals surface area contributed by atoms with E-state index in [-0.39, 0.29) is 16.6 Å². The van der Waals surface area contributed by atoms with Crippen LogP contribution in [0.25, 0.3) is 5.69 Å². The van der Waals surface area contributed by atoms with E-state index in [2.05, 4.69) is 5.10 Å². The molecule has 0 aliphatic carbocycles. The average molecular weight is 309 g/mol. The summed E-state index contributed by atoms with van der Waals surface area (Å²) >= 11 is 11.5. The molecule has 0 bridgehead atoms. The van der Waals surface area contributed by atoms with Gasteiger partial charge in [0.15, 0.2) is 5.69 Å². The topological polar surface area (TPSA) is 17.8 Å². The highest BCUT2D eigenvalue weighted by molar-refractivity contribution is 6.31. The summed E-state index contributed by atoms with van der Waals surface area (Å²) in [6.07, 6.45) is -4.58. The van der Waals surface area contributed by atoms with Gasteiger partial charge in [-0.25, -0.2) is 4.68 Å². The van der Waals surface area contributed by atoms with Gasteiger partial charge < -0.3 is 0 Å². The summed E-state index contributed by atoms with van der Waals surface area (Å²) in [5.41, 5.74) is 0.100. The quantitative estimate of drug-likeness (QED) is 0.742. The number of benzene rings is 1. The van der Waals surface area contributed by atoms with Crippen LogP contribution in [0.5, 0.6) is 0 Å². The number of aryl methyl sites for hydroxylation is 1. The van der Waals surface area contributed by atoms with Crippen molar-refractivity contribution in [1.29, 1.82) is 0 Å². The fourth-order valence-electron chi connectivity index (χ4n) is 1.71. The number of hydrogen-bond donors (Lipinski definition) is 0. The Hall–Kier alpha value is -1.20. The van der Waals surface area contributed by atoms with Crippen LogP contribution in [0.4, 0.5) is 13.2 Å². The van der Waals surface area contributed by atoms with Crippen molar-refractivity contribution in [3.05, 3.63) is 46.2 Å². The van der Waals surface area contributed by atoms with Crippen LogP contribution in [0.1, 0.15) is 16.8 Å². The molecule has 2 aromatic rings. The zero-order valence-corrected chi connectivity index (χ0v) is 11.3. The molecule has 0 amide bonds. The summed E-state index contributed by atoms with van der Waals surface area (Å²) in [4.78, 5) is 0. The molecule has 1 heterocycles. The van der Waals surface area contributed by atoms with Gasteiger partial charge in [0.25, 0.3) is 0 Å². The lowest BCUT2D eigenvalue weighted by atomic mass is 10.2. The highest BCUT2D eigenvalue weighted by Gasteiger charge is 2.38. The van der Waals surface area contributed by atoms with Gasteiger partial charge in [0.1, 0.15) is 5.15 Å². The molecule has 7 heteroatoms. The molecule has 0 fully saturated rings. The summed E-state index contributed by atoms with van der Waals surface area (Å²) in [6, 6.07) is 6.87. The molecule has 0 saturated carbocycles. The molecule has 2 nitrogen and oxygen atoms in total. The smallest absolute Gasteiger partial charge is 0.221 e. The molecule has 1 aromatic heterocycles. The molecule has 0 unspecified atom stereocenters. The summed E-state index contributed by atoms with van der Waals surface area (Å²) in [5, 5.41) is 3.42. The fourth-order valence-corrected chi connectivity index (χ4v) is 2.32. The first-order valence-electron chi connectivity index (χ1n) is 5.32. The van der Waals surface area contributed by atoms with Gasteiger partial charge in [-0.05, 0) is 24.6 Å². The first-order chi connectivity index (χ1) is 8.84. The lowest BCUT2D eigenvalue weighted by molar-refractivity contribution is -0.141.